The predicted octanol–water partition coefficient (Wildman–Crippen LogP) is 0.837. The molecule has 18 heavy (non-hydrogen) atoms. The monoisotopic (exact) mass is 296 g/mol. The standard InChI is InChI=1S/C9H13ClN2O5S/c1-5(4-16-3)17-9(13)7-8(18(10,14)15)6(2)11-12-7/h5H,4H2,1-3H3,(H,11,12). The van der Waals surface area contributed by atoms with E-state index >= 15 is 0 Å². The third-order valence-electron chi connectivity index (χ3n) is 2.04. The van der Waals surface area contributed by atoms with Gasteiger partial charge in [0.1, 0.15) is 11.0 Å². The number of methoxy groups -OCH3 is 1. The van der Waals surface area contributed by atoms with Gasteiger partial charge in [0.25, 0.3) is 9.05 Å². The number of hydrogen-bond donors (Lipinski definition) is 1. The summed E-state index contributed by atoms with van der Waals surface area (Å²) >= 11 is 0. The second kappa shape index (κ2) is 5.68. The van der Waals surface area contributed by atoms with Crippen molar-refractivity contribution >= 4 is 25.7 Å². The van der Waals surface area contributed by atoms with Crippen LogP contribution in [0, 0.1) is 6.92 Å². The Hall–Kier alpha value is -1.12. The van der Waals surface area contributed by atoms with Crippen LogP contribution >= 0.6 is 10.7 Å². The maximum atomic E-state index is 11.7. The molecule has 0 aliphatic heterocycles. The first-order valence-corrected chi connectivity index (χ1v) is 7.27. The zero-order valence-electron chi connectivity index (χ0n) is 10.1. The first-order chi connectivity index (χ1) is 8.27. The van der Waals surface area contributed by atoms with Gasteiger partial charge in [-0.15, -0.1) is 0 Å². The van der Waals surface area contributed by atoms with Crippen LogP contribution in [0.2, 0.25) is 0 Å². The molecule has 0 amide bonds. The molecule has 0 aliphatic carbocycles. The Labute approximate surface area is 109 Å². The number of rotatable bonds is 5. The minimum Gasteiger partial charge on any atom is -0.455 e. The minimum atomic E-state index is -4.07. The van der Waals surface area contributed by atoms with E-state index in [1.54, 1.807) is 6.92 Å². The molecular weight excluding hydrogens is 284 g/mol. The number of aromatic nitrogens is 2. The van der Waals surface area contributed by atoms with E-state index in [0.29, 0.717) is 0 Å². The van der Waals surface area contributed by atoms with Crippen molar-refractivity contribution in [2.45, 2.75) is 24.8 Å². The molecule has 1 aromatic heterocycles. The molecular formula is C9H13ClN2O5S. The molecule has 7 nitrogen and oxygen atoms in total. The molecule has 0 bridgehead atoms. The van der Waals surface area contributed by atoms with Crippen molar-refractivity contribution in [2.75, 3.05) is 13.7 Å². The number of esters is 1. The Morgan fingerprint density at radius 2 is 2.17 bits per heavy atom. The Balaban J connectivity index is 3.01. The fourth-order valence-electron chi connectivity index (χ4n) is 1.36. The number of ether oxygens (including phenoxy) is 2. The quantitative estimate of drug-likeness (QED) is 0.638. The van der Waals surface area contributed by atoms with Gasteiger partial charge in [0.05, 0.1) is 12.3 Å². The zero-order valence-corrected chi connectivity index (χ0v) is 11.6. The molecule has 1 unspecified atom stereocenters. The van der Waals surface area contributed by atoms with Gasteiger partial charge in [0, 0.05) is 17.8 Å². The van der Waals surface area contributed by atoms with Crippen LogP contribution < -0.4 is 0 Å². The van der Waals surface area contributed by atoms with E-state index < -0.39 is 21.1 Å². The fourth-order valence-corrected chi connectivity index (χ4v) is 2.70. The number of H-pyrrole nitrogens is 1. The third-order valence-corrected chi connectivity index (χ3v) is 3.49. The van der Waals surface area contributed by atoms with Gasteiger partial charge in [-0.25, -0.2) is 13.2 Å². The summed E-state index contributed by atoms with van der Waals surface area (Å²) in [6, 6.07) is 0. The maximum absolute atomic E-state index is 11.7. The van der Waals surface area contributed by atoms with Gasteiger partial charge in [-0.3, -0.25) is 5.10 Å². The van der Waals surface area contributed by atoms with Crippen molar-refractivity contribution in [1.82, 2.24) is 10.2 Å². The maximum Gasteiger partial charge on any atom is 0.360 e. The summed E-state index contributed by atoms with van der Waals surface area (Å²) < 4.78 is 32.4. The lowest BCUT2D eigenvalue weighted by Gasteiger charge is -2.11. The fraction of sp³-hybridized carbons (Fsp3) is 0.556. The number of halogens is 1. The first-order valence-electron chi connectivity index (χ1n) is 4.97. The lowest BCUT2D eigenvalue weighted by molar-refractivity contribution is 0.0110. The average molecular weight is 297 g/mol. The van der Waals surface area contributed by atoms with Crippen LogP contribution in [0.5, 0.6) is 0 Å². The summed E-state index contributed by atoms with van der Waals surface area (Å²) in [5.41, 5.74) is -0.179. The van der Waals surface area contributed by atoms with E-state index in [4.69, 9.17) is 20.2 Å². The molecule has 1 N–H and O–H groups in total. The Morgan fingerprint density at radius 1 is 1.56 bits per heavy atom. The predicted molar refractivity (Wildman–Crippen MR) is 63.1 cm³/mol. The molecule has 102 valence electrons. The molecule has 1 heterocycles. The van der Waals surface area contributed by atoms with Gasteiger partial charge < -0.3 is 9.47 Å². The topological polar surface area (TPSA) is 98.3 Å². The van der Waals surface area contributed by atoms with Gasteiger partial charge >= 0.3 is 5.97 Å². The van der Waals surface area contributed by atoms with Gasteiger partial charge in [0.2, 0.25) is 0 Å². The summed E-state index contributed by atoms with van der Waals surface area (Å²) in [5, 5.41) is 5.98. The number of aryl methyl sites for hydroxylation is 1. The largest absolute Gasteiger partial charge is 0.455 e. The highest BCUT2D eigenvalue weighted by Gasteiger charge is 2.28. The van der Waals surface area contributed by atoms with Crippen LogP contribution in [-0.4, -0.2) is 44.4 Å². The van der Waals surface area contributed by atoms with Gasteiger partial charge in [-0.05, 0) is 13.8 Å². The molecule has 9 heteroatoms. The Morgan fingerprint density at radius 3 is 2.67 bits per heavy atom. The van der Waals surface area contributed by atoms with Crippen molar-refractivity contribution in [3.05, 3.63) is 11.4 Å². The summed E-state index contributed by atoms with van der Waals surface area (Å²) in [5.74, 6) is -0.872. The SMILES string of the molecule is COCC(C)OC(=O)c1n[nH]c(C)c1S(=O)(=O)Cl. The van der Waals surface area contributed by atoms with E-state index in [-0.39, 0.29) is 22.9 Å². The molecule has 1 rings (SSSR count). The van der Waals surface area contributed by atoms with E-state index in [2.05, 4.69) is 10.2 Å². The van der Waals surface area contributed by atoms with Crippen molar-refractivity contribution in [3.8, 4) is 0 Å². The van der Waals surface area contributed by atoms with Crippen LogP contribution in [0.1, 0.15) is 23.1 Å². The van der Waals surface area contributed by atoms with Crippen LogP contribution in [0.4, 0.5) is 0 Å². The summed E-state index contributed by atoms with van der Waals surface area (Å²) in [6.45, 7) is 3.24. The Kier molecular flexibility index (Phi) is 4.71. The molecule has 1 atom stereocenters. The molecule has 0 spiro atoms. The average Bonchev–Trinajstić information content (AvgIpc) is 2.59. The normalized spacial score (nSPS) is 13.3. The Bertz CT molecular complexity index is 539. The second-order valence-corrected chi connectivity index (χ2v) is 6.14. The van der Waals surface area contributed by atoms with Gasteiger partial charge in [0.15, 0.2) is 5.69 Å². The third kappa shape index (κ3) is 3.44. The highest BCUT2D eigenvalue weighted by atomic mass is 35.7. The summed E-state index contributed by atoms with van der Waals surface area (Å²) in [6.07, 6.45) is -0.523. The number of hydrogen-bond acceptors (Lipinski definition) is 6. The van der Waals surface area contributed by atoms with E-state index in [0.717, 1.165) is 0 Å². The number of carbonyl (C=O) groups is 1. The van der Waals surface area contributed by atoms with Gasteiger partial charge in [-0.2, -0.15) is 5.10 Å². The van der Waals surface area contributed by atoms with E-state index in [9.17, 15) is 13.2 Å². The molecule has 0 fully saturated rings. The summed E-state index contributed by atoms with van der Waals surface area (Å²) in [4.78, 5) is 11.4. The van der Waals surface area contributed by atoms with Crippen molar-refractivity contribution < 1.29 is 22.7 Å². The van der Waals surface area contributed by atoms with Crippen molar-refractivity contribution in [3.63, 3.8) is 0 Å². The highest BCUT2D eigenvalue weighted by Crippen LogP contribution is 2.22. The molecule has 0 aliphatic rings. The number of aromatic amines is 1. The smallest absolute Gasteiger partial charge is 0.360 e. The lowest BCUT2D eigenvalue weighted by Crippen LogP contribution is -2.21. The second-order valence-electron chi connectivity index (χ2n) is 3.64. The molecule has 0 saturated heterocycles. The summed E-state index contributed by atoms with van der Waals surface area (Å²) in [7, 11) is 2.62. The van der Waals surface area contributed by atoms with Crippen molar-refractivity contribution in [1.29, 1.82) is 0 Å². The van der Waals surface area contributed by atoms with Gasteiger partial charge in [-0.1, -0.05) is 0 Å². The lowest BCUT2D eigenvalue weighted by atomic mass is 10.3. The molecule has 0 aromatic carbocycles. The molecule has 0 saturated carbocycles. The van der Waals surface area contributed by atoms with E-state index in [1.807, 2.05) is 0 Å². The van der Waals surface area contributed by atoms with Crippen molar-refractivity contribution in [2.24, 2.45) is 0 Å². The number of nitrogens with zero attached hydrogens (tertiary/aromatic N) is 1. The van der Waals surface area contributed by atoms with Crippen LogP contribution in [-0.2, 0) is 18.5 Å². The first kappa shape index (κ1) is 14.9. The molecule has 1 aromatic rings. The van der Waals surface area contributed by atoms with E-state index in [1.165, 1.54) is 14.0 Å². The van der Waals surface area contributed by atoms with Crippen LogP contribution in [0.25, 0.3) is 0 Å². The molecule has 0 radical (unpaired) electrons. The van der Waals surface area contributed by atoms with Crippen LogP contribution in [0.3, 0.4) is 0 Å². The number of nitrogens with one attached hydrogen (secondary N) is 1. The van der Waals surface area contributed by atoms with Crippen LogP contribution in [0.15, 0.2) is 4.90 Å². The number of carbonyl (C=O) groups excluding carboxylic acids is 1. The zero-order chi connectivity index (χ0) is 13.9. The highest BCUT2D eigenvalue weighted by molar-refractivity contribution is 8.13. The minimum absolute atomic E-state index is 0.177.